The van der Waals surface area contributed by atoms with Gasteiger partial charge in [0.25, 0.3) is 0 Å². The summed E-state index contributed by atoms with van der Waals surface area (Å²) in [6, 6.07) is 0. The monoisotopic (exact) mass is 239 g/mol. The Balaban J connectivity index is 3.13. The van der Waals surface area contributed by atoms with Gasteiger partial charge in [-0.15, -0.1) is 0 Å². The molecule has 0 aromatic carbocycles. The second-order valence-electron chi connectivity index (χ2n) is 4.84. The van der Waals surface area contributed by atoms with Gasteiger partial charge in [-0.3, -0.25) is 0 Å². The van der Waals surface area contributed by atoms with Gasteiger partial charge in [0.05, 0.1) is 0 Å². The zero-order valence-corrected chi connectivity index (χ0v) is 12.4. The van der Waals surface area contributed by atoms with Crippen molar-refractivity contribution < 1.29 is 0 Å². The molecule has 1 nitrogen and oxygen atoms in total. The summed E-state index contributed by atoms with van der Waals surface area (Å²) < 4.78 is 0. The second kappa shape index (κ2) is 13.8. The summed E-state index contributed by atoms with van der Waals surface area (Å²) in [5.41, 5.74) is 0. The van der Waals surface area contributed by atoms with Gasteiger partial charge in [0.2, 0.25) is 0 Å². The molecule has 0 fully saturated rings. The molecule has 0 aromatic rings. The van der Waals surface area contributed by atoms with Crippen LogP contribution in [0.15, 0.2) is 12.2 Å². The normalized spacial score (nSPS) is 11.8. The molecule has 0 aromatic heterocycles. The van der Waals surface area contributed by atoms with Crippen LogP contribution < -0.4 is 0 Å². The number of unbranched alkanes of at least 4 members (excludes halogenated alkanes) is 6. The van der Waals surface area contributed by atoms with Crippen molar-refractivity contribution in [2.45, 2.75) is 72.1 Å². The number of rotatable bonds is 12. The average Bonchev–Trinajstić information content (AvgIpc) is 2.36. The fourth-order valence-electron chi connectivity index (χ4n) is 2.07. The number of hydrogen-bond acceptors (Lipinski definition) is 1. The molecular weight excluding hydrogens is 206 g/mol. The molecule has 0 bridgehead atoms. The largest absolute Gasteiger partial charge is 0.304 e. The summed E-state index contributed by atoms with van der Waals surface area (Å²) in [5, 5.41) is 0. The fourth-order valence-corrected chi connectivity index (χ4v) is 2.07. The minimum absolute atomic E-state index is 1.21. The van der Waals surface area contributed by atoms with Crippen LogP contribution in [0.4, 0.5) is 0 Å². The van der Waals surface area contributed by atoms with Crippen molar-refractivity contribution in [2.75, 3.05) is 19.6 Å². The molecule has 0 atom stereocenters. The van der Waals surface area contributed by atoms with Crippen molar-refractivity contribution in [1.29, 1.82) is 0 Å². The van der Waals surface area contributed by atoms with E-state index in [4.69, 9.17) is 0 Å². The number of nitrogens with zero attached hydrogens (tertiary/aromatic N) is 1. The second-order valence-corrected chi connectivity index (χ2v) is 4.84. The Morgan fingerprint density at radius 3 is 1.94 bits per heavy atom. The van der Waals surface area contributed by atoms with Gasteiger partial charge in [-0.2, -0.15) is 0 Å². The van der Waals surface area contributed by atoms with E-state index in [1.807, 2.05) is 0 Å². The van der Waals surface area contributed by atoms with Gasteiger partial charge in [0.15, 0.2) is 0 Å². The first-order valence-corrected chi connectivity index (χ1v) is 7.72. The van der Waals surface area contributed by atoms with Crippen LogP contribution in [-0.4, -0.2) is 24.5 Å². The van der Waals surface area contributed by atoms with E-state index in [0.717, 1.165) is 0 Å². The van der Waals surface area contributed by atoms with Crippen LogP contribution in [0.5, 0.6) is 0 Å². The van der Waals surface area contributed by atoms with E-state index in [0.29, 0.717) is 0 Å². The fraction of sp³-hybridized carbons (Fsp3) is 0.875. The maximum Gasteiger partial charge on any atom is -0.00190 e. The minimum Gasteiger partial charge on any atom is -0.304 e. The van der Waals surface area contributed by atoms with Gasteiger partial charge in [0.1, 0.15) is 0 Å². The summed E-state index contributed by atoms with van der Waals surface area (Å²) >= 11 is 0. The van der Waals surface area contributed by atoms with Crippen molar-refractivity contribution in [3.63, 3.8) is 0 Å². The minimum atomic E-state index is 1.21. The third kappa shape index (κ3) is 12.0. The van der Waals surface area contributed by atoms with E-state index < -0.39 is 0 Å². The average molecular weight is 239 g/mol. The van der Waals surface area contributed by atoms with Crippen molar-refractivity contribution in [3.05, 3.63) is 12.2 Å². The first kappa shape index (κ1) is 16.7. The predicted molar refractivity (Wildman–Crippen MR) is 79.5 cm³/mol. The highest BCUT2D eigenvalue weighted by Gasteiger charge is 1.97. The molecule has 0 spiro atoms. The number of allylic oxidation sites excluding steroid dienone is 2. The molecule has 17 heavy (non-hydrogen) atoms. The Morgan fingerprint density at radius 2 is 1.29 bits per heavy atom. The molecule has 1 heteroatoms. The van der Waals surface area contributed by atoms with Crippen LogP contribution in [0.2, 0.25) is 0 Å². The molecule has 0 saturated carbocycles. The van der Waals surface area contributed by atoms with Crippen LogP contribution in [0.25, 0.3) is 0 Å². The number of hydrogen-bond donors (Lipinski definition) is 0. The lowest BCUT2D eigenvalue weighted by Gasteiger charge is -2.17. The smallest absolute Gasteiger partial charge is 0.00190 e. The summed E-state index contributed by atoms with van der Waals surface area (Å²) in [7, 11) is 0. The Labute approximate surface area is 109 Å². The molecule has 0 aliphatic carbocycles. The van der Waals surface area contributed by atoms with Gasteiger partial charge in [-0.1, -0.05) is 58.6 Å². The van der Waals surface area contributed by atoms with Crippen molar-refractivity contribution in [2.24, 2.45) is 0 Å². The molecule has 102 valence electrons. The molecule has 0 N–H and O–H groups in total. The van der Waals surface area contributed by atoms with Crippen molar-refractivity contribution >= 4 is 0 Å². The first-order chi connectivity index (χ1) is 8.35. The van der Waals surface area contributed by atoms with Crippen molar-refractivity contribution in [3.8, 4) is 0 Å². The lowest BCUT2D eigenvalue weighted by molar-refractivity contribution is 0.295. The lowest BCUT2D eigenvalue weighted by Crippen LogP contribution is -2.23. The predicted octanol–water partition coefficient (Wildman–Crippen LogP) is 5.03. The van der Waals surface area contributed by atoms with Gasteiger partial charge >= 0.3 is 0 Å². The van der Waals surface area contributed by atoms with E-state index in [1.54, 1.807) is 0 Å². The van der Waals surface area contributed by atoms with Crippen LogP contribution >= 0.6 is 0 Å². The Kier molecular flexibility index (Phi) is 13.5. The summed E-state index contributed by atoms with van der Waals surface area (Å²) in [4.78, 5) is 2.52. The lowest BCUT2D eigenvalue weighted by atomic mass is 10.1. The third-order valence-electron chi connectivity index (χ3n) is 3.36. The van der Waals surface area contributed by atoms with Gasteiger partial charge in [-0.25, -0.2) is 0 Å². The molecule has 0 rings (SSSR count). The summed E-state index contributed by atoms with van der Waals surface area (Å²) in [6.45, 7) is 10.5. The van der Waals surface area contributed by atoms with Gasteiger partial charge in [0, 0.05) is 0 Å². The Bertz CT molecular complexity index is 159. The Hall–Kier alpha value is -0.300. The van der Waals surface area contributed by atoms with Crippen LogP contribution in [0.3, 0.4) is 0 Å². The van der Waals surface area contributed by atoms with E-state index in [9.17, 15) is 0 Å². The molecule has 0 amide bonds. The molecule has 0 saturated heterocycles. The van der Waals surface area contributed by atoms with E-state index >= 15 is 0 Å². The molecule has 0 unspecified atom stereocenters. The highest BCUT2D eigenvalue weighted by molar-refractivity contribution is 4.80. The molecule has 0 aliphatic rings. The highest BCUT2D eigenvalue weighted by Crippen LogP contribution is 2.07. The van der Waals surface area contributed by atoms with Crippen molar-refractivity contribution in [1.82, 2.24) is 4.90 Å². The summed E-state index contributed by atoms with van der Waals surface area (Å²) in [5.74, 6) is 0. The quantitative estimate of drug-likeness (QED) is 0.341. The zero-order valence-electron chi connectivity index (χ0n) is 12.4. The van der Waals surface area contributed by atoms with E-state index in [1.165, 1.54) is 71.0 Å². The molecule has 0 radical (unpaired) electrons. The summed E-state index contributed by atoms with van der Waals surface area (Å²) in [6.07, 6.45) is 15.5. The van der Waals surface area contributed by atoms with E-state index in [2.05, 4.69) is 37.8 Å². The highest BCUT2D eigenvalue weighted by atomic mass is 15.1. The third-order valence-corrected chi connectivity index (χ3v) is 3.36. The topological polar surface area (TPSA) is 3.24 Å². The molecule has 0 heterocycles. The van der Waals surface area contributed by atoms with Crippen LogP contribution in [-0.2, 0) is 0 Å². The maximum atomic E-state index is 2.52. The standard InChI is InChI=1S/C16H33N/c1-4-7-8-9-10-11-12-13-14-15-16-17(5-2)6-3/h8-9H,4-7,10-16H2,1-3H3. The van der Waals surface area contributed by atoms with Crippen LogP contribution in [0.1, 0.15) is 72.1 Å². The zero-order chi connectivity index (χ0) is 12.8. The SMILES string of the molecule is CCCC=CCCCCCCCN(CC)CC. The van der Waals surface area contributed by atoms with Gasteiger partial charge in [-0.05, 0) is 45.3 Å². The Morgan fingerprint density at radius 1 is 0.706 bits per heavy atom. The van der Waals surface area contributed by atoms with Crippen LogP contribution in [0, 0.1) is 0 Å². The molecular formula is C16H33N. The molecule has 0 aliphatic heterocycles. The van der Waals surface area contributed by atoms with E-state index in [-0.39, 0.29) is 0 Å². The first-order valence-electron chi connectivity index (χ1n) is 7.72. The maximum absolute atomic E-state index is 2.52. The van der Waals surface area contributed by atoms with Gasteiger partial charge < -0.3 is 4.90 Å².